The Balaban J connectivity index is 0.00000300. The zero-order valence-electron chi connectivity index (χ0n) is 14.8. The molecule has 1 fully saturated rings. The van der Waals surface area contributed by atoms with Crippen molar-refractivity contribution in [3.63, 3.8) is 0 Å². The molecule has 0 spiro atoms. The van der Waals surface area contributed by atoms with E-state index in [4.69, 9.17) is 9.47 Å². The van der Waals surface area contributed by atoms with Crippen molar-refractivity contribution in [1.82, 2.24) is 0 Å². The predicted octanol–water partition coefficient (Wildman–Crippen LogP) is 1.08. The van der Waals surface area contributed by atoms with Gasteiger partial charge in [-0.05, 0) is 35.4 Å². The lowest BCUT2D eigenvalue weighted by atomic mass is 9.99. The van der Waals surface area contributed by atoms with Gasteiger partial charge in [-0.1, -0.05) is 31.7 Å². The summed E-state index contributed by atoms with van der Waals surface area (Å²) in [7, 11) is 0. The number of phenols is 2. The summed E-state index contributed by atoms with van der Waals surface area (Å²) >= 11 is 0. The van der Waals surface area contributed by atoms with Gasteiger partial charge < -0.3 is 40.1 Å². The Bertz CT molecular complexity index is 818. The van der Waals surface area contributed by atoms with Crippen LogP contribution in [0, 0.1) is 0 Å². The summed E-state index contributed by atoms with van der Waals surface area (Å²) in [4.78, 5) is 0. The van der Waals surface area contributed by atoms with E-state index >= 15 is 0 Å². The summed E-state index contributed by atoms with van der Waals surface area (Å²) in [5.74, 6) is 0.229. The number of hydrogen-bond donors (Lipinski definition) is 6. The van der Waals surface area contributed by atoms with Crippen molar-refractivity contribution in [3.8, 4) is 17.2 Å². The van der Waals surface area contributed by atoms with Crippen LogP contribution in [0.5, 0.6) is 17.2 Å². The third kappa shape index (κ3) is 5.47. The zero-order chi connectivity index (χ0) is 20.3. The maximum absolute atomic E-state index is 10.1. The molecular formula is C21H26O8. The molecule has 0 bridgehead atoms. The van der Waals surface area contributed by atoms with Gasteiger partial charge in [0, 0.05) is 6.07 Å². The minimum absolute atomic E-state index is 0. The molecule has 8 nitrogen and oxygen atoms in total. The summed E-state index contributed by atoms with van der Waals surface area (Å²) in [5, 5.41) is 58.2. The number of benzene rings is 2. The molecule has 0 aliphatic carbocycles. The number of phenolic OH excluding ortho intramolecular Hbond substituents is 2. The average Bonchev–Trinajstić information content (AvgIpc) is 2.67. The minimum Gasteiger partial charge on any atom is -0.508 e. The van der Waals surface area contributed by atoms with Crippen LogP contribution in [-0.2, 0) is 4.74 Å². The number of ether oxygens (including phenoxy) is 2. The molecule has 158 valence electrons. The number of aromatic hydroxyl groups is 2. The first-order chi connectivity index (χ1) is 13.4. The molecule has 6 N–H and O–H groups in total. The Morgan fingerprint density at radius 3 is 2.14 bits per heavy atom. The standard InChI is InChI=1S/C20H22O8.CH4/c21-10-16-17(24)18(25)19(26)20(28-16)27-15-8-12(7-14(23)9-15)2-1-11-3-5-13(22)6-4-11;/h1-9,16-26H,10H2;1H4/b2-1+;/t16-,17-,18+,19-,20-;/m1./s1. The summed E-state index contributed by atoms with van der Waals surface area (Å²) in [5.41, 5.74) is 1.42. The molecule has 1 saturated heterocycles. The second-order valence-electron chi connectivity index (χ2n) is 6.50. The molecule has 2 aromatic carbocycles. The Labute approximate surface area is 168 Å². The van der Waals surface area contributed by atoms with E-state index in [0.29, 0.717) is 5.56 Å². The minimum atomic E-state index is -1.55. The molecule has 1 aliphatic heterocycles. The third-order valence-electron chi connectivity index (χ3n) is 4.38. The molecular weight excluding hydrogens is 380 g/mol. The maximum atomic E-state index is 10.1. The van der Waals surface area contributed by atoms with Crippen LogP contribution in [0.3, 0.4) is 0 Å². The Hall–Kier alpha value is -2.62. The molecule has 5 atom stereocenters. The molecule has 0 radical (unpaired) electrons. The number of aliphatic hydroxyl groups is 4. The predicted molar refractivity (Wildman–Crippen MR) is 106 cm³/mol. The van der Waals surface area contributed by atoms with Crippen molar-refractivity contribution in [1.29, 1.82) is 0 Å². The van der Waals surface area contributed by atoms with Crippen molar-refractivity contribution in [2.24, 2.45) is 0 Å². The van der Waals surface area contributed by atoms with Gasteiger partial charge in [-0.15, -0.1) is 0 Å². The lowest BCUT2D eigenvalue weighted by Crippen LogP contribution is -2.60. The molecule has 0 aromatic heterocycles. The maximum Gasteiger partial charge on any atom is 0.229 e. The molecule has 29 heavy (non-hydrogen) atoms. The van der Waals surface area contributed by atoms with E-state index in [2.05, 4.69) is 0 Å². The Morgan fingerprint density at radius 2 is 1.48 bits per heavy atom. The zero-order valence-corrected chi connectivity index (χ0v) is 14.8. The van der Waals surface area contributed by atoms with E-state index < -0.39 is 37.3 Å². The second kappa shape index (κ2) is 9.73. The van der Waals surface area contributed by atoms with Crippen LogP contribution >= 0.6 is 0 Å². The van der Waals surface area contributed by atoms with Crippen molar-refractivity contribution in [3.05, 3.63) is 53.6 Å². The fourth-order valence-corrected chi connectivity index (χ4v) is 2.85. The normalized spacial score (nSPS) is 26.8. The van der Waals surface area contributed by atoms with Gasteiger partial charge in [0.2, 0.25) is 6.29 Å². The Morgan fingerprint density at radius 1 is 0.828 bits per heavy atom. The molecule has 3 rings (SSSR count). The van der Waals surface area contributed by atoms with E-state index in [1.807, 2.05) is 0 Å². The van der Waals surface area contributed by atoms with Crippen LogP contribution in [-0.4, -0.2) is 68.0 Å². The van der Waals surface area contributed by atoms with Crippen molar-refractivity contribution < 1.29 is 40.1 Å². The third-order valence-corrected chi connectivity index (χ3v) is 4.38. The van der Waals surface area contributed by atoms with Gasteiger partial charge in [0.05, 0.1) is 6.61 Å². The first kappa shape index (κ1) is 22.7. The van der Waals surface area contributed by atoms with E-state index in [1.54, 1.807) is 42.5 Å². The first-order valence-electron chi connectivity index (χ1n) is 8.65. The smallest absolute Gasteiger partial charge is 0.229 e. The molecule has 0 unspecified atom stereocenters. The molecule has 0 amide bonds. The van der Waals surface area contributed by atoms with Crippen LogP contribution in [0.25, 0.3) is 12.2 Å². The van der Waals surface area contributed by atoms with E-state index in [0.717, 1.165) is 5.56 Å². The highest BCUT2D eigenvalue weighted by Gasteiger charge is 2.44. The highest BCUT2D eigenvalue weighted by molar-refractivity contribution is 5.71. The summed E-state index contributed by atoms with van der Waals surface area (Å²) in [6.07, 6.45) is -3.52. The fraction of sp³-hybridized carbons (Fsp3) is 0.333. The lowest BCUT2D eigenvalue weighted by Gasteiger charge is -2.39. The number of rotatable bonds is 5. The summed E-state index contributed by atoms with van der Waals surface area (Å²) in [6, 6.07) is 10.9. The van der Waals surface area contributed by atoms with E-state index in [9.17, 15) is 30.6 Å². The van der Waals surface area contributed by atoms with Crippen molar-refractivity contribution in [2.75, 3.05) is 6.61 Å². The highest BCUT2D eigenvalue weighted by atomic mass is 16.7. The fourth-order valence-electron chi connectivity index (χ4n) is 2.85. The van der Waals surface area contributed by atoms with Crippen LogP contribution in [0.15, 0.2) is 42.5 Å². The number of hydrogen-bond acceptors (Lipinski definition) is 8. The van der Waals surface area contributed by atoms with E-state index in [1.165, 1.54) is 12.1 Å². The van der Waals surface area contributed by atoms with Crippen molar-refractivity contribution >= 4 is 12.2 Å². The molecule has 1 heterocycles. The monoisotopic (exact) mass is 406 g/mol. The van der Waals surface area contributed by atoms with Gasteiger partial charge >= 0.3 is 0 Å². The summed E-state index contributed by atoms with van der Waals surface area (Å²) in [6.45, 7) is -0.564. The van der Waals surface area contributed by atoms with E-state index in [-0.39, 0.29) is 24.7 Å². The number of aliphatic hydroxyl groups excluding tert-OH is 4. The molecule has 2 aromatic rings. The molecule has 0 saturated carbocycles. The van der Waals surface area contributed by atoms with Gasteiger partial charge in [0.15, 0.2) is 0 Å². The SMILES string of the molecule is C.OC[C@H]1O[C@@H](Oc2cc(O)cc(/C=C/c3ccc(O)cc3)c2)[C@H](O)[C@@H](O)[C@@H]1O. The molecule has 1 aliphatic rings. The van der Waals surface area contributed by atoms with Gasteiger partial charge in [-0.2, -0.15) is 0 Å². The molecule has 8 heteroatoms. The topological polar surface area (TPSA) is 140 Å². The second-order valence-corrected chi connectivity index (χ2v) is 6.50. The first-order valence-corrected chi connectivity index (χ1v) is 8.65. The van der Waals surface area contributed by atoms with Gasteiger partial charge in [-0.25, -0.2) is 0 Å². The van der Waals surface area contributed by atoms with Gasteiger partial charge in [0.1, 0.15) is 41.7 Å². The quantitative estimate of drug-likeness (QED) is 0.406. The average molecular weight is 406 g/mol. The largest absolute Gasteiger partial charge is 0.508 e. The van der Waals surface area contributed by atoms with Gasteiger partial charge in [0.25, 0.3) is 0 Å². The van der Waals surface area contributed by atoms with Crippen LogP contribution in [0.4, 0.5) is 0 Å². The van der Waals surface area contributed by atoms with Crippen LogP contribution in [0.1, 0.15) is 18.6 Å². The Kier molecular flexibility index (Phi) is 7.60. The highest BCUT2D eigenvalue weighted by Crippen LogP contribution is 2.28. The van der Waals surface area contributed by atoms with Crippen LogP contribution < -0.4 is 4.74 Å². The lowest BCUT2D eigenvalue weighted by molar-refractivity contribution is -0.277. The van der Waals surface area contributed by atoms with Crippen molar-refractivity contribution in [2.45, 2.75) is 38.1 Å². The summed E-state index contributed by atoms with van der Waals surface area (Å²) < 4.78 is 10.8. The van der Waals surface area contributed by atoms with Gasteiger partial charge in [-0.3, -0.25) is 0 Å². The van der Waals surface area contributed by atoms with Crippen LogP contribution in [0.2, 0.25) is 0 Å².